The van der Waals surface area contributed by atoms with E-state index in [-0.39, 0.29) is 0 Å². The SMILES string of the molecule is CC1(N2CCC2)CCCNC1. The van der Waals surface area contributed by atoms with Crippen molar-refractivity contribution >= 4 is 0 Å². The number of hydrogen-bond donors (Lipinski definition) is 1. The lowest BCUT2D eigenvalue weighted by Gasteiger charge is -2.49. The Balaban J connectivity index is 1.94. The standard InChI is InChI=1S/C9H18N2/c1-9(11-6-3-7-11)4-2-5-10-8-9/h10H,2-8H2,1H3. The second kappa shape index (κ2) is 2.76. The largest absolute Gasteiger partial charge is 0.315 e. The lowest BCUT2D eigenvalue weighted by atomic mass is 9.88. The molecule has 0 aromatic carbocycles. The number of hydrogen-bond acceptors (Lipinski definition) is 2. The van der Waals surface area contributed by atoms with Crippen LogP contribution in [0.3, 0.4) is 0 Å². The summed E-state index contributed by atoms with van der Waals surface area (Å²) < 4.78 is 0. The van der Waals surface area contributed by atoms with E-state index in [1.807, 2.05) is 0 Å². The van der Waals surface area contributed by atoms with Crippen molar-refractivity contribution in [2.24, 2.45) is 0 Å². The molecule has 2 rings (SSSR count). The summed E-state index contributed by atoms with van der Waals surface area (Å²) in [5.74, 6) is 0. The first-order valence-electron chi connectivity index (χ1n) is 4.77. The highest BCUT2D eigenvalue weighted by Gasteiger charge is 2.35. The van der Waals surface area contributed by atoms with Gasteiger partial charge in [-0.2, -0.15) is 0 Å². The van der Waals surface area contributed by atoms with Gasteiger partial charge in [-0.25, -0.2) is 0 Å². The minimum Gasteiger partial charge on any atom is -0.315 e. The van der Waals surface area contributed by atoms with Crippen molar-refractivity contribution in [3.8, 4) is 0 Å². The Morgan fingerprint density at radius 2 is 2.09 bits per heavy atom. The van der Waals surface area contributed by atoms with Gasteiger partial charge in [0.25, 0.3) is 0 Å². The number of rotatable bonds is 1. The fourth-order valence-electron chi connectivity index (χ4n) is 2.17. The molecule has 1 unspecified atom stereocenters. The molecule has 2 aliphatic heterocycles. The van der Waals surface area contributed by atoms with Gasteiger partial charge in [0.15, 0.2) is 0 Å². The first-order valence-corrected chi connectivity index (χ1v) is 4.77. The smallest absolute Gasteiger partial charge is 0.0306 e. The van der Waals surface area contributed by atoms with Crippen LogP contribution in [0.1, 0.15) is 26.2 Å². The highest BCUT2D eigenvalue weighted by Crippen LogP contribution is 2.27. The van der Waals surface area contributed by atoms with E-state index in [0.717, 1.165) is 0 Å². The number of nitrogens with zero attached hydrogens (tertiary/aromatic N) is 1. The summed E-state index contributed by atoms with van der Waals surface area (Å²) in [7, 11) is 0. The van der Waals surface area contributed by atoms with Gasteiger partial charge in [0.2, 0.25) is 0 Å². The topological polar surface area (TPSA) is 15.3 Å². The van der Waals surface area contributed by atoms with E-state index in [1.165, 1.54) is 45.4 Å². The van der Waals surface area contributed by atoms with E-state index in [4.69, 9.17) is 0 Å². The molecule has 1 atom stereocenters. The van der Waals surface area contributed by atoms with Crippen LogP contribution in [0.25, 0.3) is 0 Å². The Hall–Kier alpha value is -0.0800. The zero-order valence-electron chi connectivity index (χ0n) is 7.40. The molecular weight excluding hydrogens is 136 g/mol. The van der Waals surface area contributed by atoms with E-state index in [1.54, 1.807) is 0 Å². The van der Waals surface area contributed by atoms with Crippen LogP contribution in [-0.4, -0.2) is 36.6 Å². The van der Waals surface area contributed by atoms with Crippen molar-refractivity contribution in [2.45, 2.75) is 31.7 Å². The summed E-state index contributed by atoms with van der Waals surface area (Å²) in [5, 5.41) is 3.48. The maximum Gasteiger partial charge on any atom is 0.0306 e. The van der Waals surface area contributed by atoms with Crippen LogP contribution >= 0.6 is 0 Å². The summed E-state index contributed by atoms with van der Waals surface area (Å²) in [6.07, 6.45) is 4.16. The van der Waals surface area contributed by atoms with Gasteiger partial charge in [-0.1, -0.05) is 0 Å². The summed E-state index contributed by atoms with van der Waals surface area (Å²) in [6.45, 7) is 7.49. The third-order valence-electron chi connectivity index (χ3n) is 3.19. The van der Waals surface area contributed by atoms with Crippen LogP contribution in [-0.2, 0) is 0 Å². The Bertz CT molecular complexity index is 134. The van der Waals surface area contributed by atoms with Crippen LogP contribution in [0, 0.1) is 0 Å². The molecule has 0 aliphatic carbocycles. The van der Waals surface area contributed by atoms with Gasteiger partial charge >= 0.3 is 0 Å². The predicted octanol–water partition coefficient (Wildman–Crippen LogP) is 0.834. The van der Waals surface area contributed by atoms with E-state index in [0.29, 0.717) is 5.54 Å². The monoisotopic (exact) mass is 154 g/mol. The Labute approximate surface area is 69.0 Å². The normalized spacial score (nSPS) is 40.1. The minimum atomic E-state index is 0.497. The van der Waals surface area contributed by atoms with Crippen molar-refractivity contribution in [1.29, 1.82) is 0 Å². The van der Waals surface area contributed by atoms with Crippen LogP contribution in [0.15, 0.2) is 0 Å². The number of likely N-dealkylation sites (tertiary alicyclic amines) is 1. The van der Waals surface area contributed by atoms with Gasteiger partial charge in [0, 0.05) is 12.1 Å². The summed E-state index contributed by atoms with van der Waals surface area (Å²) in [4.78, 5) is 2.62. The van der Waals surface area contributed by atoms with Crippen LogP contribution in [0.2, 0.25) is 0 Å². The molecule has 64 valence electrons. The molecule has 1 N–H and O–H groups in total. The predicted molar refractivity (Wildman–Crippen MR) is 46.7 cm³/mol. The Morgan fingerprint density at radius 1 is 1.27 bits per heavy atom. The number of piperidine rings is 1. The van der Waals surface area contributed by atoms with Crippen LogP contribution < -0.4 is 5.32 Å². The van der Waals surface area contributed by atoms with E-state index in [2.05, 4.69) is 17.1 Å². The van der Waals surface area contributed by atoms with Crippen molar-refractivity contribution in [2.75, 3.05) is 26.2 Å². The zero-order valence-corrected chi connectivity index (χ0v) is 7.40. The van der Waals surface area contributed by atoms with Crippen molar-refractivity contribution in [3.63, 3.8) is 0 Å². The molecule has 2 saturated heterocycles. The van der Waals surface area contributed by atoms with Gasteiger partial charge < -0.3 is 5.32 Å². The summed E-state index contributed by atoms with van der Waals surface area (Å²) in [5.41, 5.74) is 0.497. The molecule has 2 aliphatic rings. The van der Waals surface area contributed by atoms with Gasteiger partial charge in [-0.15, -0.1) is 0 Å². The highest BCUT2D eigenvalue weighted by atomic mass is 15.3. The summed E-state index contributed by atoms with van der Waals surface area (Å²) >= 11 is 0. The van der Waals surface area contributed by atoms with Crippen molar-refractivity contribution in [3.05, 3.63) is 0 Å². The quantitative estimate of drug-likeness (QED) is 0.602. The third-order valence-corrected chi connectivity index (χ3v) is 3.19. The molecule has 0 radical (unpaired) electrons. The van der Waals surface area contributed by atoms with E-state index < -0.39 is 0 Å². The third kappa shape index (κ3) is 1.30. The molecule has 2 heterocycles. The maximum absolute atomic E-state index is 3.48. The molecule has 0 amide bonds. The number of nitrogens with one attached hydrogen (secondary N) is 1. The van der Waals surface area contributed by atoms with Crippen molar-refractivity contribution in [1.82, 2.24) is 10.2 Å². The lowest BCUT2D eigenvalue weighted by molar-refractivity contribution is 0.0242. The molecular formula is C9H18N2. The molecule has 2 nitrogen and oxygen atoms in total. The van der Waals surface area contributed by atoms with Gasteiger partial charge in [-0.3, -0.25) is 4.90 Å². The molecule has 0 aromatic heterocycles. The molecule has 0 aromatic rings. The average Bonchev–Trinajstić information content (AvgIpc) is 1.83. The Kier molecular flexibility index (Phi) is 1.90. The summed E-state index contributed by atoms with van der Waals surface area (Å²) in [6, 6.07) is 0. The molecule has 11 heavy (non-hydrogen) atoms. The van der Waals surface area contributed by atoms with Gasteiger partial charge in [-0.05, 0) is 45.8 Å². The van der Waals surface area contributed by atoms with E-state index >= 15 is 0 Å². The van der Waals surface area contributed by atoms with Crippen molar-refractivity contribution < 1.29 is 0 Å². The fraction of sp³-hybridized carbons (Fsp3) is 1.00. The van der Waals surface area contributed by atoms with Gasteiger partial charge in [0.1, 0.15) is 0 Å². The second-order valence-electron chi connectivity index (χ2n) is 4.12. The first kappa shape index (κ1) is 7.56. The second-order valence-corrected chi connectivity index (χ2v) is 4.12. The fourth-order valence-corrected chi connectivity index (χ4v) is 2.17. The van der Waals surface area contributed by atoms with Crippen LogP contribution in [0.5, 0.6) is 0 Å². The van der Waals surface area contributed by atoms with E-state index in [9.17, 15) is 0 Å². The molecule has 0 spiro atoms. The first-order chi connectivity index (χ1) is 5.31. The molecule has 0 bridgehead atoms. The maximum atomic E-state index is 3.48. The zero-order chi connectivity index (χ0) is 7.73. The van der Waals surface area contributed by atoms with Gasteiger partial charge in [0.05, 0.1) is 0 Å². The van der Waals surface area contributed by atoms with Crippen LogP contribution in [0.4, 0.5) is 0 Å². The molecule has 0 saturated carbocycles. The molecule has 2 fully saturated rings. The lowest BCUT2D eigenvalue weighted by Crippen LogP contribution is -2.60. The Morgan fingerprint density at radius 3 is 2.55 bits per heavy atom. The average molecular weight is 154 g/mol. The minimum absolute atomic E-state index is 0.497. The molecule has 2 heteroatoms. The highest BCUT2D eigenvalue weighted by molar-refractivity contribution is 4.94.